The van der Waals surface area contributed by atoms with Crippen molar-refractivity contribution >= 4 is 34.6 Å². The van der Waals surface area contributed by atoms with Crippen LogP contribution in [0.4, 0.5) is 21.5 Å². The van der Waals surface area contributed by atoms with Crippen molar-refractivity contribution in [3.63, 3.8) is 0 Å². The maximum Gasteiger partial charge on any atom is 0.271 e. The van der Waals surface area contributed by atoms with Gasteiger partial charge in [-0.05, 0) is 24.3 Å². The van der Waals surface area contributed by atoms with E-state index in [1.807, 2.05) is 0 Å². The SMILES string of the molecule is COc1ccc(Cl)cc1NC(=O)CNc1cc([N+](=O)[O-])ccc1F. The highest BCUT2D eigenvalue weighted by molar-refractivity contribution is 6.31. The highest BCUT2D eigenvalue weighted by Crippen LogP contribution is 2.27. The summed E-state index contributed by atoms with van der Waals surface area (Å²) in [4.78, 5) is 22.0. The van der Waals surface area contributed by atoms with E-state index < -0.39 is 16.6 Å². The van der Waals surface area contributed by atoms with Crippen molar-refractivity contribution in [2.75, 3.05) is 24.3 Å². The number of halogens is 2. The van der Waals surface area contributed by atoms with E-state index in [9.17, 15) is 19.3 Å². The average molecular weight is 354 g/mol. The van der Waals surface area contributed by atoms with Crippen LogP contribution < -0.4 is 15.4 Å². The highest BCUT2D eigenvalue weighted by atomic mass is 35.5. The van der Waals surface area contributed by atoms with Crippen LogP contribution in [-0.2, 0) is 4.79 Å². The summed E-state index contributed by atoms with van der Waals surface area (Å²) >= 11 is 5.86. The summed E-state index contributed by atoms with van der Waals surface area (Å²) in [6, 6.07) is 7.71. The van der Waals surface area contributed by atoms with Crippen LogP contribution in [0.3, 0.4) is 0 Å². The molecule has 0 unspecified atom stereocenters. The Morgan fingerprint density at radius 2 is 2.04 bits per heavy atom. The van der Waals surface area contributed by atoms with Crippen LogP contribution in [0.1, 0.15) is 0 Å². The fraction of sp³-hybridized carbons (Fsp3) is 0.133. The number of nitrogens with one attached hydrogen (secondary N) is 2. The molecule has 126 valence electrons. The molecular formula is C15H13ClFN3O4. The Labute approximate surface area is 141 Å². The number of carbonyl (C=O) groups is 1. The van der Waals surface area contributed by atoms with Gasteiger partial charge in [0.25, 0.3) is 5.69 Å². The second kappa shape index (κ2) is 7.60. The first-order chi connectivity index (χ1) is 11.4. The van der Waals surface area contributed by atoms with Gasteiger partial charge in [0, 0.05) is 17.2 Å². The molecule has 0 aliphatic rings. The van der Waals surface area contributed by atoms with Gasteiger partial charge in [-0.1, -0.05) is 11.6 Å². The van der Waals surface area contributed by atoms with E-state index in [1.165, 1.54) is 13.2 Å². The minimum Gasteiger partial charge on any atom is -0.495 e. The van der Waals surface area contributed by atoms with Gasteiger partial charge in [0.05, 0.1) is 30.0 Å². The van der Waals surface area contributed by atoms with Gasteiger partial charge >= 0.3 is 0 Å². The van der Waals surface area contributed by atoms with Crippen molar-refractivity contribution in [1.29, 1.82) is 0 Å². The first-order valence-electron chi connectivity index (χ1n) is 6.72. The molecular weight excluding hydrogens is 341 g/mol. The highest BCUT2D eigenvalue weighted by Gasteiger charge is 2.13. The third-order valence-electron chi connectivity index (χ3n) is 3.04. The smallest absolute Gasteiger partial charge is 0.271 e. The van der Waals surface area contributed by atoms with Gasteiger partial charge in [0.1, 0.15) is 11.6 Å². The van der Waals surface area contributed by atoms with E-state index >= 15 is 0 Å². The van der Waals surface area contributed by atoms with Gasteiger partial charge < -0.3 is 15.4 Å². The Morgan fingerprint density at radius 3 is 2.71 bits per heavy atom. The Kier molecular flexibility index (Phi) is 5.54. The number of nitro benzene ring substituents is 1. The number of nitro groups is 1. The van der Waals surface area contributed by atoms with E-state index in [2.05, 4.69) is 10.6 Å². The quantitative estimate of drug-likeness (QED) is 0.613. The maximum atomic E-state index is 13.6. The maximum absolute atomic E-state index is 13.6. The minimum absolute atomic E-state index is 0.141. The van der Waals surface area contributed by atoms with Gasteiger partial charge in [0.15, 0.2) is 0 Å². The first kappa shape index (κ1) is 17.5. The zero-order valence-corrected chi connectivity index (χ0v) is 13.3. The first-order valence-corrected chi connectivity index (χ1v) is 7.09. The zero-order chi connectivity index (χ0) is 17.7. The van der Waals surface area contributed by atoms with Crippen molar-refractivity contribution in [2.24, 2.45) is 0 Å². The predicted octanol–water partition coefficient (Wildman–Crippen LogP) is 3.45. The second-order valence-corrected chi connectivity index (χ2v) is 5.10. The molecule has 0 aliphatic carbocycles. The summed E-state index contributed by atoms with van der Waals surface area (Å²) in [6.07, 6.45) is 0. The summed E-state index contributed by atoms with van der Waals surface area (Å²) in [7, 11) is 1.44. The van der Waals surface area contributed by atoms with Crippen molar-refractivity contribution in [3.05, 3.63) is 57.4 Å². The second-order valence-electron chi connectivity index (χ2n) is 4.67. The molecule has 9 heteroatoms. The summed E-state index contributed by atoms with van der Waals surface area (Å²) in [6.45, 7) is -0.298. The largest absolute Gasteiger partial charge is 0.495 e. The lowest BCUT2D eigenvalue weighted by Gasteiger charge is -2.11. The molecule has 0 atom stereocenters. The van der Waals surface area contributed by atoms with Crippen LogP contribution in [0, 0.1) is 15.9 Å². The fourth-order valence-electron chi connectivity index (χ4n) is 1.91. The third-order valence-corrected chi connectivity index (χ3v) is 3.27. The van der Waals surface area contributed by atoms with Crippen LogP contribution in [0.15, 0.2) is 36.4 Å². The number of ether oxygens (including phenoxy) is 1. The summed E-state index contributed by atoms with van der Waals surface area (Å²) in [5.74, 6) is -0.788. The lowest BCUT2D eigenvalue weighted by Crippen LogP contribution is -2.22. The van der Waals surface area contributed by atoms with Crippen LogP contribution in [0.2, 0.25) is 5.02 Å². The molecule has 0 saturated heterocycles. The Hall–Kier alpha value is -2.87. The number of hydrogen-bond donors (Lipinski definition) is 2. The summed E-state index contributed by atoms with van der Waals surface area (Å²) in [5, 5.41) is 16.2. The zero-order valence-electron chi connectivity index (χ0n) is 12.5. The molecule has 0 fully saturated rings. The topological polar surface area (TPSA) is 93.5 Å². The molecule has 24 heavy (non-hydrogen) atoms. The average Bonchev–Trinajstić information content (AvgIpc) is 2.54. The van der Waals surface area contributed by atoms with Gasteiger partial charge in [-0.2, -0.15) is 0 Å². The molecule has 0 aliphatic heterocycles. The number of rotatable bonds is 6. The molecule has 0 saturated carbocycles. The summed E-state index contributed by atoms with van der Waals surface area (Å²) in [5.41, 5.74) is -0.0652. The molecule has 0 aromatic heterocycles. The van der Waals surface area contributed by atoms with E-state index in [1.54, 1.807) is 12.1 Å². The van der Waals surface area contributed by atoms with Crippen molar-refractivity contribution < 1.29 is 18.8 Å². The van der Waals surface area contributed by atoms with Crippen molar-refractivity contribution in [3.8, 4) is 5.75 Å². The molecule has 2 aromatic rings. The van der Waals surface area contributed by atoms with Gasteiger partial charge in [-0.25, -0.2) is 4.39 Å². The fourth-order valence-corrected chi connectivity index (χ4v) is 2.08. The monoisotopic (exact) mass is 353 g/mol. The van der Waals surface area contributed by atoms with E-state index in [0.717, 1.165) is 18.2 Å². The van der Waals surface area contributed by atoms with E-state index in [-0.39, 0.29) is 17.9 Å². The standard InChI is InChI=1S/C15H13ClFN3O4/c1-24-14-5-2-9(16)6-13(14)19-15(21)8-18-12-7-10(20(22)23)3-4-11(12)17/h2-7,18H,8H2,1H3,(H,19,21). The predicted molar refractivity (Wildman–Crippen MR) is 88.2 cm³/mol. The molecule has 2 aromatic carbocycles. The van der Waals surface area contributed by atoms with Crippen LogP contribution in [0.5, 0.6) is 5.75 Å². The molecule has 0 bridgehead atoms. The van der Waals surface area contributed by atoms with Crippen LogP contribution >= 0.6 is 11.6 Å². The van der Waals surface area contributed by atoms with Crippen LogP contribution in [-0.4, -0.2) is 24.5 Å². The number of anilines is 2. The molecule has 7 nitrogen and oxygen atoms in total. The molecule has 2 N–H and O–H groups in total. The van der Waals surface area contributed by atoms with E-state index in [4.69, 9.17) is 16.3 Å². The number of non-ortho nitro benzene ring substituents is 1. The molecule has 0 radical (unpaired) electrons. The minimum atomic E-state index is -0.700. The normalized spacial score (nSPS) is 10.1. The van der Waals surface area contributed by atoms with Crippen molar-refractivity contribution in [1.82, 2.24) is 0 Å². The van der Waals surface area contributed by atoms with E-state index in [0.29, 0.717) is 16.5 Å². The Balaban J connectivity index is 2.05. The van der Waals surface area contributed by atoms with Gasteiger partial charge in [-0.15, -0.1) is 0 Å². The lowest BCUT2D eigenvalue weighted by atomic mass is 10.2. The summed E-state index contributed by atoms with van der Waals surface area (Å²) < 4.78 is 18.7. The molecule has 0 heterocycles. The van der Waals surface area contributed by atoms with Gasteiger partial charge in [0.2, 0.25) is 5.91 Å². The van der Waals surface area contributed by atoms with Crippen molar-refractivity contribution in [2.45, 2.75) is 0 Å². The number of hydrogen-bond acceptors (Lipinski definition) is 5. The molecule has 0 spiro atoms. The van der Waals surface area contributed by atoms with Gasteiger partial charge in [-0.3, -0.25) is 14.9 Å². The number of benzene rings is 2. The molecule has 2 rings (SSSR count). The Morgan fingerprint density at radius 1 is 1.29 bits per heavy atom. The molecule has 1 amide bonds. The number of amides is 1. The Bertz CT molecular complexity index is 785. The number of nitrogens with zero attached hydrogens (tertiary/aromatic N) is 1. The number of carbonyl (C=O) groups excluding carboxylic acids is 1. The number of methoxy groups -OCH3 is 1. The lowest BCUT2D eigenvalue weighted by molar-refractivity contribution is -0.384. The third kappa shape index (κ3) is 4.32. The van der Waals surface area contributed by atoms with Crippen LogP contribution in [0.25, 0.3) is 0 Å².